The first-order valence-corrected chi connectivity index (χ1v) is 16.5. The van der Waals surface area contributed by atoms with E-state index in [1.807, 2.05) is 67.3 Å². The van der Waals surface area contributed by atoms with E-state index in [4.69, 9.17) is 28.4 Å². The molecule has 1 amide bonds. The Morgan fingerprint density at radius 1 is 0.833 bits per heavy atom. The Kier molecular flexibility index (Phi) is 7.89. The molecule has 0 spiro atoms. The number of piperazine rings is 1. The molecule has 1 saturated heterocycles. The van der Waals surface area contributed by atoms with Crippen molar-refractivity contribution in [3.8, 4) is 28.7 Å². The summed E-state index contributed by atoms with van der Waals surface area (Å²) in [6, 6.07) is 21.1. The van der Waals surface area contributed by atoms with E-state index in [0.29, 0.717) is 43.3 Å². The van der Waals surface area contributed by atoms with Gasteiger partial charge in [-0.2, -0.15) is 0 Å². The molecule has 48 heavy (non-hydrogen) atoms. The second-order valence-corrected chi connectivity index (χ2v) is 13.0. The third-order valence-corrected chi connectivity index (χ3v) is 10.2. The van der Waals surface area contributed by atoms with Gasteiger partial charge in [-0.1, -0.05) is 66.7 Å². The van der Waals surface area contributed by atoms with Crippen LogP contribution in [-0.2, 0) is 35.6 Å². The van der Waals surface area contributed by atoms with Crippen molar-refractivity contribution in [3.05, 3.63) is 111 Å². The average molecular weight is 649 g/mol. The SMILES string of the molecule is COc1c(C)c2c(c3c1CC1C4NC(Cc5cc(C)c(OC)c(OCc6ccccc6)c54)C(=O)N1C3COCc1ccccc1)OCO2. The number of amides is 1. The minimum atomic E-state index is -0.422. The highest BCUT2D eigenvalue weighted by molar-refractivity contribution is 5.86. The molecule has 0 saturated carbocycles. The van der Waals surface area contributed by atoms with Crippen LogP contribution in [0.5, 0.6) is 28.7 Å². The van der Waals surface area contributed by atoms with Crippen molar-refractivity contribution in [2.45, 2.75) is 64.1 Å². The van der Waals surface area contributed by atoms with E-state index >= 15 is 0 Å². The lowest BCUT2D eigenvalue weighted by molar-refractivity contribution is -0.148. The van der Waals surface area contributed by atoms with Gasteiger partial charge in [0, 0.05) is 22.3 Å². The van der Waals surface area contributed by atoms with Crippen LogP contribution < -0.4 is 29.0 Å². The van der Waals surface area contributed by atoms with Gasteiger partial charge in [0.2, 0.25) is 12.7 Å². The second kappa shape index (κ2) is 12.4. The van der Waals surface area contributed by atoms with Crippen molar-refractivity contribution >= 4 is 5.91 Å². The van der Waals surface area contributed by atoms with Gasteiger partial charge in [-0.15, -0.1) is 0 Å². The maximum Gasteiger partial charge on any atom is 0.240 e. The van der Waals surface area contributed by atoms with Crippen LogP contribution in [0.4, 0.5) is 0 Å². The normalized spacial score (nSPS) is 21.7. The zero-order valence-corrected chi connectivity index (χ0v) is 27.7. The molecule has 1 N–H and O–H groups in total. The number of carbonyl (C=O) groups excluding carboxylic acids is 1. The number of benzene rings is 4. The lowest BCUT2D eigenvalue weighted by Gasteiger charge is -2.54. The summed E-state index contributed by atoms with van der Waals surface area (Å²) in [5.74, 6) is 3.59. The number of fused-ring (bicyclic) bond motifs is 9. The molecule has 4 aromatic carbocycles. The summed E-state index contributed by atoms with van der Waals surface area (Å²) < 4.78 is 37.3. The van der Waals surface area contributed by atoms with E-state index in [9.17, 15) is 4.79 Å². The number of nitrogens with zero attached hydrogens (tertiary/aromatic N) is 1. The largest absolute Gasteiger partial charge is 0.496 e. The number of hydrogen-bond acceptors (Lipinski definition) is 8. The third kappa shape index (κ3) is 4.95. The van der Waals surface area contributed by atoms with Gasteiger partial charge in [0.15, 0.2) is 23.0 Å². The highest BCUT2D eigenvalue weighted by atomic mass is 16.7. The molecule has 4 aliphatic heterocycles. The molecule has 4 aliphatic rings. The molecule has 9 nitrogen and oxygen atoms in total. The topological polar surface area (TPSA) is 87.7 Å². The lowest BCUT2D eigenvalue weighted by atomic mass is 9.74. The van der Waals surface area contributed by atoms with Crippen LogP contribution in [0.3, 0.4) is 0 Å². The van der Waals surface area contributed by atoms with Crippen molar-refractivity contribution < 1.29 is 33.2 Å². The zero-order chi connectivity index (χ0) is 32.9. The highest BCUT2D eigenvalue weighted by Gasteiger charge is 2.54. The van der Waals surface area contributed by atoms with Gasteiger partial charge in [-0.25, -0.2) is 0 Å². The van der Waals surface area contributed by atoms with E-state index in [1.54, 1.807) is 14.2 Å². The smallest absolute Gasteiger partial charge is 0.240 e. The monoisotopic (exact) mass is 648 g/mol. The Bertz CT molecular complexity index is 1860. The van der Waals surface area contributed by atoms with Crippen LogP contribution in [0.1, 0.15) is 56.6 Å². The number of ether oxygens (including phenoxy) is 6. The van der Waals surface area contributed by atoms with Crippen molar-refractivity contribution in [3.63, 3.8) is 0 Å². The summed E-state index contributed by atoms with van der Waals surface area (Å²) in [6.07, 6.45) is 1.09. The number of methoxy groups -OCH3 is 2. The summed E-state index contributed by atoms with van der Waals surface area (Å²) >= 11 is 0. The minimum Gasteiger partial charge on any atom is -0.496 e. The molecule has 0 radical (unpaired) electrons. The third-order valence-electron chi connectivity index (χ3n) is 10.2. The molecule has 4 aromatic rings. The van der Waals surface area contributed by atoms with Crippen LogP contribution in [0, 0.1) is 13.8 Å². The number of aryl methyl sites for hydroxylation is 1. The Morgan fingerprint density at radius 2 is 1.52 bits per heavy atom. The van der Waals surface area contributed by atoms with Gasteiger partial charge < -0.3 is 33.3 Å². The van der Waals surface area contributed by atoms with Crippen molar-refractivity contribution in [2.24, 2.45) is 0 Å². The fraction of sp³-hybridized carbons (Fsp3) is 0.359. The summed E-state index contributed by atoms with van der Waals surface area (Å²) in [5.41, 5.74) is 8.07. The first kappa shape index (κ1) is 30.6. The van der Waals surface area contributed by atoms with Gasteiger partial charge in [0.05, 0.1) is 51.6 Å². The molecule has 2 bridgehead atoms. The second-order valence-electron chi connectivity index (χ2n) is 13.0. The Labute approximate surface area is 280 Å². The van der Waals surface area contributed by atoms with Gasteiger partial charge in [0.25, 0.3) is 0 Å². The summed E-state index contributed by atoms with van der Waals surface area (Å²) in [7, 11) is 3.38. The van der Waals surface area contributed by atoms with Gasteiger partial charge in [-0.3, -0.25) is 10.1 Å². The molecule has 0 aliphatic carbocycles. The van der Waals surface area contributed by atoms with Crippen LogP contribution in [0.15, 0.2) is 66.7 Å². The van der Waals surface area contributed by atoms with E-state index in [1.165, 1.54) is 0 Å². The van der Waals surface area contributed by atoms with Crippen LogP contribution in [-0.4, -0.2) is 50.5 Å². The van der Waals surface area contributed by atoms with E-state index < -0.39 is 12.1 Å². The fourth-order valence-corrected chi connectivity index (χ4v) is 8.19. The Balaban J connectivity index is 1.25. The molecule has 248 valence electrons. The fourth-order valence-electron chi connectivity index (χ4n) is 8.19. The van der Waals surface area contributed by atoms with Crippen molar-refractivity contribution in [1.82, 2.24) is 10.2 Å². The maximum absolute atomic E-state index is 14.6. The predicted octanol–water partition coefficient (Wildman–Crippen LogP) is 5.91. The van der Waals surface area contributed by atoms with Gasteiger partial charge >= 0.3 is 0 Å². The van der Waals surface area contributed by atoms with Gasteiger partial charge in [0.1, 0.15) is 12.4 Å². The number of hydrogen-bond donors (Lipinski definition) is 1. The zero-order valence-electron chi connectivity index (χ0n) is 27.7. The van der Waals surface area contributed by atoms with E-state index in [2.05, 4.69) is 23.5 Å². The van der Waals surface area contributed by atoms with Crippen LogP contribution >= 0.6 is 0 Å². The van der Waals surface area contributed by atoms with Gasteiger partial charge in [-0.05, 0) is 48.9 Å². The molecule has 4 unspecified atom stereocenters. The molecule has 4 atom stereocenters. The van der Waals surface area contributed by atoms with Crippen molar-refractivity contribution in [1.29, 1.82) is 0 Å². The quantitative estimate of drug-likeness (QED) is 0.240. The average Bonchev–Trinajstić information content (AvgIpc) is 3.60. The molecule has 4 heterocycles. The summed E-state index contributed by atoms with van der Waals surface area (Å²) in [6.45, 7) is 5.25. The Hall–Kier alpha value is -4.73. The molecule has 9 heteroatoms. The number of carbonyl (C=O) groups is 1. The molecule has 8 rings (SSSR count). The molecular formula is C39H40N2O7. The molecular weight excluding hydrogens is 608 g/mol. The highest BCUT2D eigenvalue weighted by Crippen LogP contribution is 2.56. The van der Waals surface area contributed by atoms with E-state index in [0.717, 1.165) is 56.0 Å². The number of nitrogens with one attached hydrogen (secondary N) is 1. The van der Waals surface area contributed by atoms with E-state index in [-0.39, 0.29) is 31.4 Å². The lowest BCUT2D eigenvalue weighted by Crippen LogP contribution is -2.66. The van der Waals surface area contributed by atoms with Crippen LogP contribution in [0.2, 0.25) is 0 Å². The first-order chi connectivity index (χ1) is 23.5. The van der Waals surface area contributed by atoms with Crippen LogP contribution in [0.25, 0.3) is 0 Å². The maximum atomic E-state index is 14.6. The molecule has 0 aromatic heterocycles. The Morgan fingerprint density at radius 3 is 2.23 bits per heavy atom. The first-order valence-electron chi connectivity index (χ1n) is 16.5. The summed E-state index contributed by atoms with van der Waals surface area (Å²) in [5, 5.41) is 3.74. The molecule has 1 fully saturated rings. The number of rotatable bonds is 9. The summed E-state index contributed by atoms with van der Waals surface area (Å²) in [4.78, 5) is 16.7. The predicted molar refractivity (Wildman–Crippen MR) is 179 cm³/mol. The van der Waals surface area contributed by atoms with Crippen molar-refractivity contribution in [2.75, 3.05) is 27.6 Å². The standard InChI is InChI=1S/C39H40N2O7/c1-22-15-26-16-28-39(42)41-29(33(40-28)31(26)37(34(22)43-3)46-19-25-13-9-6-10-14-25)17-27-32(30(41)20-45-18-24-11-7-5-8-12-24)38-36(47-21-48-38)23(2)35(27)44-4/h5-15,28-30,33,40H,16-21H2,1-4H3. The minimum absolute atomic E-state index is 0.0493.